The van der Waals surface area contributed by atoms with E-state index in [1.807, 2.05) is 11.8 Å². The molecule has 1 heteroatoms. The van der Waals surface area contributed by atoms with Crippen LogP contribution in [-0.2, 0) is 0 Å². The molecule has 0 N–H and O–H groups in total. The van der Waals surface area contributed by atoms with Gasteiger partial charge in [-0.25, -0.2) is 0 Å². The number of benzene rings is 4. The molecule has 1 heterocycles. The minimum absolute atomic E-state index is 1.08. The van der Waals surface area contributed by atoms with Crippen LogP contribution in [-0.4, -0.2) is 5.75 Å². The van der Waals surface area contributed by atoms with Crippen molar-refractivity contribution in [1.29, 1.82) is 0 Å². The van der Waals surface area contributed by atoms with Gasteiger partial charge in [-0.1, -0.05) is 36.4 Å². The van der Waals surface area contributed by atoms with Crippen molar-refractivity contribution in [3.05, 3.63) is 72.3 Å². The molecule has 0 spiro atoms. The van der Waals surface area contributed by atoms with Crippen molar-refractivity contribution in [2.45, 2.75) is 4.90 Å². The lowest BCUT2D eigenvalue weighted by Gasteiger charge is -2.12. The number of rotatable bonds is 0. The summed E-state index contributed by atoms with van der Waals surface area (Å²) in [5.41, 5.74) is 1.35. The molecule has 0 amide bonds. The van der Waals surface area contributed by atoms with E-state index >= 15 is 0 Å². The second-order valence-electron chi connectivity index (χ2n) is 5.85. The van der Waals surface area contributed by atoms with Gasteiger partial charge in [0.25, 0.3) is 0 Å². The Morgan fingerprint density at radius 2 is 1.23 bits per heavy atom. The zero-order valence-corrected chi connectivity index (χ0v) is 12.9. The molecule has 0 aromatic heterocycles. The third-order valence-electron chi connectivity index (χ3n) is 4.42. The first kappa shape index (κ1) is 12.3. The first-order valence-electron chi connectivity index (χ1n) is 7.56. The van der Waals surface area contributed by atoms with E-state index in [1.54, 1.807) is 0 Å². The maximum absolute atomic E-state index is 2.34. The van der Waals surface area contributed by atoms with Gasteiger partial charge in [0.05, 0.1) is 0 Å². The van der Waals surface area contributed by atoms with E-state index in [2.05, 4.69) is 72.8 Å². The van der Waals surface area contributed by atoms with E-state index in [0.717, 1.165) is 5.75 Å². The molecule has 1 aliphatic heterocycles. The van der Waals surface area contributed by atoms with Crippen molar-refractivity contribution in [2.24, 2.45) is 0 Å². The topological polar surface area (TPSA) is 0 Å². The smallest absolute Gasteiger partial charge is 0.0164 e. The summed E-state index contributed by atoms with van der Waals surface area (Å²) in [6, 6.07) is 22.5. The summed E-state index contributed by atoms with van der Waals surface area (Å²) in [5, 5.41) is 7.92. The highest BCUT2D eigenvalue weighted by atomic mass is 32.2. The van der Waals surface area contributed by atoms with Crippen molar-refractivity contribution < 1.29 is 0 Å². The highest BCUT2D eigenvalue weighted by Crippen LogP contribution is 2.34. The molecule has 22 heavy (non-hydrogen) atoms. The molecule has 1 aliphatic rings. The number of hydrogen-bond donors (Lipinski definition) is 0. The fourth-order valence-electron chi connectivity index (χ4n) is 3.31. The van der Waals surface area contributed by atoms with Crippen molar-refractivity contribution in [3.63, 3.8) is 0 Å². The van der Waals surface area contributed by atoms with Gasteiger partial charge in [0.15, 0.2) is 0 Å². The maximum Gasteiger partial charge on any atom is 0.0164 e. The predicted molar refractivity (Wildman–Crippen MR) is 98.7 cm³/mol. The molecule has 5 rings (SSSR count). The average Bonchev–Trinajstić information content (AvgIpc) is 2.56. The summed E-state index contributed by atoms with van der Waals surface area (Å²) in [5.74, 6) is 1.08. The molecule has 0 radical (unpaired) electrons. The van der Waals surface area contributed by atoms with Gasteiger partial charge in [0.1, 0.15) is 0 Å². The van der Waals surface area contributed by atoms with Crippen molar-refractivity contribution in [1.82, 2.24) is 0 Å². The average molecular weight is 298 g/mol. The fraction of sp³-hybridized carbons (Fsp3) is 0.0476. The first-order chi connectivity index (χ1) is 10.9. The molecule has 0 fully saturated rings. The van der Waals surface area contributed by atoms with E-state index in [-0.39, 0.29) is 0 Å². The highest BCUT2D eigenvalue weighted by Gasteiger charge is 2.08. The van der Waals surface area contributed by atoms with Crippen LogP contribution in [0.4, 0.5) is 0 Å². The van der Waals surface area contributed by atoms with Gasteiger partial charge in [-0.2, -0.15) is 0 Å². The van der Waals surface area contributed by atoms with E-state index < -0.39 is 0 Å². The molecule has 104 valence electrons. The lowest BCUT2D eigenvalue weighted by molar-refractivity contribution is 1.44. The van der Waals surface area contributed by atoms with Crippen molar-refractivity contribution >= 4 is 50.2 Å². The van der Waals surface area contributed by atoms with Crippen LogP contribution in [0.2, 0.25) is 0 Å². The Morgan fingerprint density at radius 1 is 0.636 bits per heavy atom. The molecule has 4 aromatic rings. The Morgan fingerprint density at radius 3 is 1.95 bits per heavy atom. The molecule has 0 atom stereocenters. The van der Waals surface area contributed by atoms with Gasteiger partial charge < -0.3 is 0 Å². The molecule has 0 aliphatic carbocycles. The normalized spacial score (nSPS) is 13.8. The number of thioether (sulfide) groups is 1. The van der Waals surface area contributed by atoms with Crippen LogP contribution in [0.5, 0.6) is 0 Å². The Hall–Kier alpha value is -2.25. The molecule has 0 saturated carbocycles. The zero-order valence-electron chi connectivity index (χ0n) is 12.0. The van der Waals surface area contributed by atoms with Crippen molar-refractivity contribution in [3.8, 4) is 0 Å². The summed E-state index contributed by atoms with van der Waals surface area (Å²) in [7, 11) is 0. The standard InChI is InChI=1S/C21H14S/c1-2-5-15-9-18-12-20-13-21-16(6-3-7-22-21)10-19(20)11-17(18)8-14(15)4-1/h1-6,8-13H,7H2. The monoisotopic (exact) mass is 298 g/mol. The molecule has 0 unspecified atom stereocenters. The molecule has 4 aromatic carbocycles. The summed E-state index contributed by atoms with van der Waals surface area (Å²) in [4.78, 5) is 1.40. The summed E-state index contributed by atoms with van der Waals surface area (Å²) < 4.78 is 0. The molecule has 0 bridgehead atoms. The summed E-state index contributed by atoms with van der Waals surface area (Å²) in [6.45, 7) is 0. The number of hydrogen-bond acceptors (Lipinski definition) is 1. The van der Waals surface area contributed by atoms with E-state index in [0.29, 0.717) is 0 Å². The van der Waals surface area contributed by atoms with E-state index in [1.165, 1.54) is 42.8 Å². The van der Waals surface area contributed by atoms with Gasteiger partial charge in [-0.15, -0.1) is 11.8 Å². The van der Waals surface area contributed by atoms with Crippen molar-refractivity contribution in [2.75, 3.05) is 5.75 Å². The molecule has 0 nitrogen and oxygen atoms in total. The fourth-order valence-corrected chi connectivity index (χ4v) is 4.18. The van der Waals surface area contributed by atoms with Crippen LogP contribution in [0.15, 0.2) is 71.6 Å². The zero-order chi connectivity index (χ0) is 14.5. The maximum atomic E-state index is 2.34. The number of fused-ring (bicyclic) bond motifs is 4. The SMILES string of the molecule is C1=Cc2cc3cc4cc5ccccc5cc4cc3cc2SC1. The Labute approximate surface area is 133 Å². The second-order valence-corrected chi connectivity index (χ2v) is 6.91. The minimum Gasteiger partial charge on any atom is -0.121 e. The van der Waals surface area contributed by atoms with Gasteiger partial charge >= 0.3 is 0 Å². The molecular formula is C21H14S. The van der Waals surface area contributed by atoms with E-state index in [9.17, 15) is 0 Å². The molecular weight excluding hydrogens is 284 g/mol. The van der Waals surface area contributed by atoms with Gasteiger partial charge in [0, 0.05) is 10.6 Å². The summed E-state index contributed by atoms with van der Waals surface area (Å²) in [6.07, 6.45) is 4.49. The van der Waals surface area contributed by atoms with Gasteiger partial charge in [-0.3, -0.25) is 0 Å². The van der Waals surface area contributed by atoms with Crippen LogP contribution in [0.3, 0.4) is 0 Å². The van der Waals surface area contributed by atoms with Gasteiger partial charge in [0.2, 0.25) is 0 Å². The van der Waals surface area contributed by atoms with Gasteiger partial charge in [-0.05, 0) is 74.3 Å². The third kappa shape index (κ3) is 1.86. The van der Waals surface area contributed by atoms with Crippen LogP contribution < -0.4 is 0 Å². The van der Waals surface area contributed by atoms with Crippen LogP contribution in [0.1, 0.15) is 5.56 Å². The minimum atomic E-state index is 1.08. The largest absolute Gasteiger partial charge is 0.121 e. The predicted octanol–water partition coefficient (Wildman–Crippen LogP) is 6.27. The van der Waals surface area contributed by atoms with Crippen LogP contribution in [0, 0.1) is 0 Å². The molecule has 0 saturated heterocycles. The summed E-state index contributed by atoms with van der Waals surface area (Å²) >= 11 is 1.92. The quantitative estimate of drug-likeness (QED) is 0.345. The lowest BCUT2D eigenvalue weighted by Crippen LogP contribution is -1.88. The highest BCUT2D eigenvalue weighted by molar-refractivity contribution is 7.99. The first-order valence-corrected chi connectivity index (χ1v) is 8.55. The Balaban J connectivity index is 1.87. The Kier molecular flexibility index (Phi) is 2.59. The van der Waals surface area contributed by atoms with E-state index in [4.69, 9.17) is 0 Å². The third-order valence-corrected chi connectivity index (χ3v) is 5.44. The second kappa shape index (κ2) is 4.62. The van der Waals surface area contributed by atoms with Crippen LogP contribution in [0.25, 0.3) is 38.4 Å². The van der Waals surface area contributed by atoms with Crippen LogP contribution >= 0.6 is 11.8 Å². The Bertz CT molecular complexity index is 1070. The lowest BCUT2D eigenvalue weighted by atomic mass is 9.98.